The largest absolute Gasteiger partial charge is 0.386 e. The number of nitrogens with one attached hydrogen (secondary N) is 4. The average molecular weight is 477 g/mol. The molecule has 180 valence electrons. The van der Waals surface area contributed by atoms with E-state index in [-0.39, 0.29) is 40.2 Å². The lowest BCUT2D eigenvalue weighted by Gasteiger charge is -2.35. The van der Waals surface area contributed by atoms with Crippen molar-refractivity contribution in [3.63, 3.8) is 0 Å². The second-order valence-electron chi connectivity index (χ2n) is 8.08. The summed E-state index contributed by atoms with van der Waals surface area (Å²) in [5.41, 5.74) is 1.13. The molecule has 35 heavy (non-hydrogen) atoms. The molecule has 0 aliphatic heterocycles. The first-order valence-electron chi connectivity index (χ1n) is 11.0. The van der Waals surface area contributed by atoms with Crippen LogP contribution in [0.3, 0.4) is 0 Å². The van der Waals surface area contributed by atoms with Gasteiger partial charge < -0.3 is 30.2 Å². The zero-order chi connectivity index (χ0) is 24.5. The monoisotopic (exact) mass is 477 g/mol. The van der Waals surface area contributed by atoms with Gasteiger partial charge in [-0.05, 0) is 31.0 Å². The summed E-state index contributed by atoms with van der Waals surface area (Å²) in [6.07, 6.45) is 4.68. The maximum atomic E-state index is 13.1. The van der Waals surface area contributed by atoms with Crippen LogP contribution in [-0.2, 0) is 4.74 Å². The van der Waals surface area contributed by atoms with Crippen molar-refractivity contribution in [2.24, 2.45) is 0 Å². The van der Waals surface area contributed by atoms with Crippen molar-refractivity contribution in [3.8, 4) is 5.69 Å². The summed E-state index contributed by atoms with van der Waals surface area (Å²) in [4.78, 5) is 44.7. The number of anilines is 3. The van der Waals surface area contributed by atoms with Gasteiger partial charge in [0.05, 0.1) is 23.5 Å². The SMILES string of the molecule is CNc1cc(Nc2cccn(-c3cc[nH]c(=O)c3)c2=O)nc2c(C(=O)N[C@@H]3CC[C@H]3OC)onc12. The lowest BCUT2D eigenvalue weighted by Crippen LogP contribution is -2.51. The summed E-state index contributed by atoms with van der Waals surface area (Å²) >= 11 is 0. The Bertz CT molecular complexity index is 1520. The summed E-state index contributed by atoms with van der Waals surface area (Å²) in [7, 11) is 3.31. The van der Waals surface area contributed by atoms with Gasteiger partial charge in [-0.15, -0.1) is 0 Å². The van der Waals surface area contributed by atoms with E-state index < -0.39 is 5.91 Å². The highest BCUT2D eigenvalue weighted by Gasteiger charge is 2.34. The van der Waals surface area contributed by atoms with E-state index in [0.717, 1.165) is 12.8 Å². The van der Waals surface area contributed by atoms with Crippen LogP contribution in [0.1, 0.15) is 23.4 Å². The Labute approximate surface area is 198 Å². The molecule has 0 spiro atoms. The van der Waals surface area contributed by atoms with Gasteiger partial charge in [-0.3, -0.25) is 19.0 Å². The topological polar surface area (TPSA) is 156 Å². The molecule has 4 heterocycles. The molecular formula is C23H23N7O5. The van der Waals surface area contributed by atoms with Crippen molar-refractivity contribution in [1.29, 1.82) is 0 Å². The van der Waals surface area contributed by atoms with Gasteiger partial charge in [-0.25, -0.2) is 4.98 Å². The van der Waals surface area contributed by atoms with Crippen LogP contribution in [0.4, 0.5) is 17.2 Å². The first kappa shape index (κ1) is 22.3. The third kappa shape index (κ3) is 4.15. The number of hydrogen-bond acceptors (Lipinski definition) is 9. The molecule has 1 aliphatic carbocycles. The van der Waals surface area contributed by atoms with E-state index in [1.807, 2.05) is 0 Å². The zero-order valence-electron chi connectivity index (χ0n) is 19.0. The van der Waals surface area contributed by atoms with Crippen LogP contribution in [0.2, 0.25) is 0 Å². The number of H-pyrrole nitrogens is 1. The van der Waals surface area contributed by atoms with Crippen molar-refractivity contribution < 1.29 is 14.1 Å². The van der Waals surface area contributed by atoms with E-state index in [9.17, 15) is 14.4 Å². The van der Waals surface area contributed by atoms with Crippen LogP contribution < -0.4 is 27.1 Å². The number of hydrogen-bond donors (Lipinski definition) is 4. The zero-order valence-corrected chi connectivity index (χ0v) is 19.0. The molecule has 12 nitrogen and oxygen atoms in total. The molecule has 4 N–H and O–H groups in total. The summed E-state index contributed by atoms with van der Waals surface area (Å²) < 4.78 is 12.0. The Morgan fingerprint density at radius 2 is 2.06 bits per heavy atom. The third-order valence-electron chi connectivity index (χ3n) is 5.99. The Balaban J connectivity index is 1.49. The molecular weight excluding hydrogens is 454 g/mol. The Morgan fingerprint density at radius 3 is 2.77 bits per heavy atom. The lowest BCUT2D eigenvalue weighted by molar-refractivity contribution is 0.00678. The number of aromatic amines is 1. The number of ether oxygens (including phenoxy) is 1. The van der Waals surface area contributed by atoms with Crippen LogP contribution in [0.25, 0.3) is 16.7 Å². The van der Waals surface area contributed by atoms with Crippen LogP contribution in [0.5, 0.6) is 0 Å². The smallest absolute Gasteiger partial charge is 0.292 e. The van der Waals surface area contributed by atoms with Crippen molar-refractivity contribution in [2.75, 3.05) is 24.8 Å². The second kappa shape index (κ2) is 9.06. The lowest BCUT2D eigenvalue weighted by atomic mass is 9.89. The van der Waals surface area contributed by atoms with Crippen LogP contribution >= 0.6 is 0 Å². The van der Waals surface area contributed by atoms with Gasteiger partial charge in [-0.2, -0.15) is 0 Å². The van der Waals surface area contributed by atoms with Crippen LogP contribution in [0.15, 0.2) is 56.8 Å². The molecule has 4 aromatic rings. The predicted octanol–water partition coefficient (Wildman–Crippen LogP) is 1.75. The normalized spacial score (nSPS) is 17.1. The number of fused-ring (bicyclic) bond motifs is 1. The molecule has 1 saturated carbocycles. The van der Waals surface area contributed by atoms with Gasteiger partial charge in [-0.1, -0.05) is 5.16 Å². The highest BCUT2D eigenvalue weighted by molar-refractivity contribution is 6.05. The van der Waals surface area contributed by atoms with Gasteiger partial charge in [0.25, 0.3) is 11.5 Å². The molecule has 1 amide bonds. The number of aromatic nitrogens is 4. The molecule has 0 unspecified atom stereocenters. The summed E-state index contributed by atoms with van der Waals surface area (Å²) in [5.74, 6) is -0.170. The molecule has 5 rings (SSSR count). The van der Waals surface area contributed by atoms with E-state index in [1.165, 1.54) is 16.8 Å². The minimum absolute atomic E-state index is 0.0316. The van der Waals surface area contributed by atoms with Crippen molar-refractivity contribution >= 4 is 34.1 Å². The predicted molar refractivity (Wildman–Crippen MR) is 129 cm³/mol. The molecule has 2 atom stereocenters. The minimum Gasteiger partial charge on any atom is -0.386 e. The van der Waals surface area contributed by atoms with Gasteiger partial charge >= 0.3 is 0 Å². The van der Waals surface area contributed by atoms with Crippen molar-refractivity contribution in [1.82, 2.24) is 25.0 Å². The number of carbonyl (C=O) groups excluding carboxylic acids is 1. The maximum absolute atomic E-state index is 13.1. The minimum atomic E-state index is -0.442. The fraction of sp³-hybridized carbons (Fsp3) is 0.261. The Kier molecular flexibility index (Phi) is 5.79. The van der Waals surface area contributed by atoms with Gasteiger partial charge in [0, 0.05) is 38.7 Å². The summed E-state index contributed by atoms with van der Waals surface area (Å²) in [6, 6.07) is 7.77. The molecule has 0 radical (unpaired) electrons. The first-order valence-corrected chi connectivity index (χ1v) is 11.0. The number of pyridine rings is 3. The Hall–Kier alpha value is -4.45. The quantitative estimate of drug-likeness (QED) is 0.311. The first-order chi connectivity index (χ1) is 17.0. The Morgan fingerprint density at radius 1 is 1.20 bits per heavy atom. The number of carbonyl (C=O) groups is 1. The van der Waals surface area contributed by atoms with E-state index >= 15 is 0 Å². The van der Waals surface area contributed by atoms with Gasteiger partial charge in [0.2, 0.25) is 11.3 Å². The van der Waals surface area contributed by atoms with Crippen LogP contribution in [0, 0.1) is 0 Å². The number of rotatable bonds is 7. The molecule has 12 heteroatoms. The highest BCUT2D eigenvalue weighted by Crippen LogP contribution is 2.29. The third-order valence-corrected chi connectivity index (χ3v) is 5.99. The molecule has 1 aliphatic rings. The number of methoxy groups -OCH3 is 1. The number of nitrogens with zero attached hydrogens (tertiary/aromatic N) is 3. The van der Waals surface area contributed by atoms with Crippen LogP contribution in [-0.4, -0.2) is 51.9 Å². The van der Waals surface area contributed by atoms with Crippen molar-refractivity contribution in [3.05, 3.63) is 69.2 Å². The van der Waals surface area contributed by atoms with E-state index in [4.69, 9.17) is 9.26 Å². The van der Waals surface area contributed by atoms with E-state index in [2.05, 4.69) is 31.1 Å². The maximum Gasteiger partial charge on any atom is 0.292 e. The molecule has 1 fully saturated rings. The van der Waals surface area contributed by atoms with Crippen molar-refractivity contribution in [2.45, 2.75) is 25.0 Å². The fourth-order valence-corrected chi connectivity index (χ4v) is 3.99. The summed E-state index contributed by atoms with van der Waals surface area (Å²) in [6.45, 7) is 0. The van der Waals surface area contributed by atoms with Gasteiger partial charge in [0.15, 0.2) is 5.52 Å². The molecule has 0 saturated heterocycles. The number of amides is 1. The molecule has 0 bridgehead atoms. The fourth-order valence-electron chi connectivity index (χ4n) is 3.99. The molecule has 0 aromatic carbocycles. The standard InChI is InChI=1S/C23H23N7O5/c1-24-15-11-17(26-14-4-3-9-30(23(14)33)12-7-8-25-18(31)10-12)28-20-19(15)29-35-21(20)22(32)27-13-5-6-16(13)34-2/h3-4,7-11,13,16,24H,5-6H2,1-2H3,(H,25,31)(H,26,28)(H,27,32)/t13-,16-/m1/s1. The average Bonchev–Trinajstić information content (AvgIpc) is 3.27. The molecule has 4 aromatic heterocycles. The van der Waals surface area contributed by atoms with E-state index in [1.54, 1.807) is 44.6 Å². The van der Waals surface area contributed by atoms with Gasteiger partial charge in [0.1, 0.15) is 17.0 Å². The van der Waals surface area contributed by atoms with E-state index in [0.29, 0.717) is 22.7 Å². The second-order valence-corrected chi connectivity index (χ2v) is 8.08. The summed E-state index contributed by atoms with van der Waals surface area (Å²) in [5, 5.41) is 12.9. The highest BCUT2D eigenvalue weighted by atomic mass is 16.5.